The quantitative estimate of drug-likeness (QED) is 0.824. The summed E-state index contributed by atoms with van der Waals surface area (Å²) in [5.74, 6) is 0.712. The lowest BCUT2D eigenvalue weighted by Gasteiger charge is -2.14. The molecule has 1 atom stereocenters. The van der Waals surface area contributed by atoms with Crippen LogP contribution in [0.5, 0.6) is 5.75 Å². The number of aryl methyl sites for hydroxylation is 1. The van der Waals surface area contributed by atoms with Crippen molar-refractivity contribution in [3.63, 3.8) is 0 Å². The van der Waals surface area contributed by atoms with Crippen LogP contribution in [0.15, 0.2) is 47.4 Å². The Labute approximate surface area is 129 Å². The average molecular weight is 305 g/mol. The van der Waals surface area contributed by atoms with Crippen LogP contribution in [0, 0.1) is 12.7 Å². The van der Waals surface area contributed by atoms with Gasteiger partial charge in [-0.1, -0.05) is 30.3 Å². The van der Waals surface area contributed by atoms with E-state index >= 15 is 0 Å². The van der Waals surface area contributed by atoms with Crippen molar-refractivity contribution in [1.29, 1.82) is 0 Å². The summed E-state index contributed by atoms with van der Waals surface area (Å²) in [5, 5.41) is 0. The van der Waals surface area contributed by atoms with Crippen LogP contribution in [0.25, 0.3) is 0 Å². The number of methoxy groups -OCH3 is 1. The fourth-order valence-corrected chi connectivity index (χ4v) is 3.11. The standard InChI is InChI=1S/C17H20FNOS/c1-12-6-3-4-9-16(12)21-11-14(19)10-13-7-5-8-15(20-2)17(13)18/h3-9,14H,10-11,19H2,1-2H3. The first kappa shape index (κ1) is 15.9. The molecule has 0 spiro atoms. The molecule has 21 heavy (non-hydrogen) atoms. The maximum Gasteiger partial charge on any atom is 0.168 e. The minimum absolute atomic E-state index is 0.101. The van der Waals surface area contributed by atoms with Crippen LogP contribution in [0.2, 0.25) is 0 Å². The van der Waals surface area contributed by atoms with Gasteiger partial charge >= 0.3 is 0 Å². The number of benzene rings is 2. The van der Waals surface area contributed by atoms with Crippen LogP contribution in [-0.4, -0.2) is 18.9 Å². The van der Waals surface area contributed by atoms with E-state index in [1.54, 1.807) is 30.0 Å². The van der Waals surface area contributed by atoms with E-state index in [0.29, 0.717) is 12.0 Å². The molecule has 0 aliphatic rings. The molecule has 0 radical (unpaired) electrons. The van der Waals surface area contributed by atoms with Gasteiger partial charge in [-0.3, -0.25) is 0 Å². The molecule has 1 unspecified atom stereocenters. The molecule has 0 amide bonds. The van der Waals surface area contributed by atoms with E-state index in [1.165, 1.54) is 17.6 Å². The van der Waals surface area contributed by atoms with Crippen molar-refractivity contribution in [2.75, 3.05) is 12.9 Å². The number of ether oxygens (including phenoxy) is 1. The smallest absolute Gasteiger partial charge is 0.168 e. The second kappa shape index (κ2) is 7.48. The van der Waals surface area contributed by atoms with Gasteiger partial charge < -0.3 is 10.5 Å². The highest BCUT2D eigenvalue weighted by Gasteiger charge is 2.12. The predicted octanol–water partition coefficient (Wildman–Crippen LogP) is 3.80. The van der Waals surface area contributed by atoms with Gasteiger partial charge in [0, 0.05) is 16.7 Å². The Balaban J connectivity index is 1.96. The lowest BCUT2D eigenvalue weighted by Crippen LogP contribution is -2.26. The second-order valence-corrected chi connectivity index (χ2v) is 6.04. The topological polar surface area (TPSA) is 35.2 Å². The average Bonchev–Trinajstić information content (AvgIpc) is 2.48. The van der Waals surface area contributed by atoms with Gasteiger partial charge in [-0.25, -0.2) is 4.39 Å². The van der Waals surface area contributed by atoms with Crippen molar-refractivity contribution < 1.29 is 9.13 Å². The third-order valence-corrected chi connectivity index (χ3v) is 4.66. The van der Waals surface area contributed by atoms with Gasteiger partial charge in [0.15, 0.2) is 11.6 Å². The van der Waals surface area contributed by atoms with Crippen molar-refractivity contribution in [1.82, 2.24) is 0 Å². The first-order chi connectivity index (χ1) is 10.1. The molecule has 0 heterocycles. The third-order valence-electron chi connectivity index (χ3n) is 3.29. The normalized spacial score (nSPS) is 12.2. The lowest BCUT2D eigenvalue weighted by molar-refractivity contribution is 0.383. The van der Waals surface area contributed by atoms with Crippen molar-refractivity contribution >= 4 is 11.8 Å². The summed E-state index contributed by atoms with van der Waals surface area (Å²) in [5.41, 5.74) is 7.98. The highest BCUT2D eigenvalue weighted by atomic mass is 32.2. The summed E-state index contributed by atoms with van der Waals surface area (Å²) in [7, 11) is 1.47. The first-order valence-electron chi connectivity index (χ1n) is 6.87. The molecule has 2 N–H and O–H groups in total. The van der Waals surface area contributed by atoms with Gasteiger partial charge in [0.05, 0.1) is 7.11 Å². The Morgan fingerprint density at radius 1 is 1.19 bits per heavy atom. The first-order valence-corrected chi connectivity index (χ1v) is 7.85. The predicted molar refractivity (Wildman–Crippen MR) is 86.5 cm³/mol. The Bertz CT molecular complexity index is 603. The molecule has 0 saturated carbocycles. The molecule has 2 aromatic rings. The second-order valence-electron chi connectivity index (χ2n) is 4.97. The van der Waals surface area contributed by atoms with E-state index in [0.717, 1.165) is 5.75 Å². The molecule has 0 aliphatic carbocycles. The summed E-state index contributed by atoms with van der Waals surface area (Å²) in [6.45, 7) is 2.08. The number of hydrogen-bond donors (Lipinski definition) is 1. The van der Waals surface area contributed by atoms with Crippen molar-refractivity contribution in [2.45, 2.75) is 24.3 Å². The zero-order valence-electron chi connectivity index (χ0n) is 12.3. The number of halogens is 1. The summed E-state index contributed by atoms with van der Waals surface area (Å²) in [6, 6.07) is 13.3. The fourth-order valence-electron chi connectivity index (χ4n) is 2.13. The maximum atomic E-state index is 14.1. The molecule has 0 aromatic heterocycles. The molecule has 2 nitrogen and oxygen atoms in total. The molecule has 0 fully saturated rings. The van der Waals surface area contributed by atoms with Crippen molar-refractivity contribution in [3.8, 4) is 5.75 Å². The molecule has 0 bridgehead atoms. The number of nitrogens with two attached hydrogens (primary N) is 1. The van der Waals surface area contributed by atoms with E-state index in [9.17, 15) is 4.39 Å². The van der Waals surface area contributed by atoms with Crippen LogP contribution in [0.1, 0.15) is 11.1 Å². The van der Waals surface area contributed by atoms with Gasteiger partial charge in [-0.15, -0.1) is 11.8 Å². The summed E-state index contributed by atoms with van der Waals surface area (Å²) in [6.07, 6.45) is 0.502. The molecule has 0 aliphatic heterocycles. The highest BCUT2D eigenvalue weighted by Crippen LogP contribution is 2.24. The number of thioether (sulfide) groups is 1. The van der Waals surface area contributed by atoms with Gasteiger partial charge in [0.2, 0.25) is 0 Å². The maximum absolute atomic E-state index is 14.1. The van der Waals surface area contributed by atoms with E-state index in [-0.39, 0.29) is 17.6 Å². The van der Waals surface area contributed by atoms with Gasteiger partial charge in [-0.2, -0.15) is 0 Å². The van der Waals surface area contributed by atoms with E-state index < -0.39 is 0 Å². The minimum atomic E-state index is -0.309. The Kier molecular flexibility index (Phi) is 5.65. The minimum Gasteiger partial charge on any atom is -0.494 e. The van der Waals surface area contributed by atoms with Gasteiger partial charge in [-0.05, 0) is 36.6 Å². The van der Waals surface area contributed by atoms with Crippen molar-refractivity contribution in [2.24, 2.45) is 5.73 Å². The largest absolute Gasteiger partial charge is 0.494 e. The monoisotopic (exact) mass is 305 g/mol. The SMILES string of the molecule is COc1cccc(CC(N)CSc2ccccc2C)c1F. The van der Waals surface area contributed by atoms with Crippen LogP contribution in [0.4, 0.5) is 4.39 Å². The zero-order valence-corrected chi connectivity index (χ0v) is 13.1. The molecular weight excluding hydrogens is 285 g/mol. The molecular formula is C17H20FNOS. The van der Waals surface area contributed by atoms with Crippen molar-refractivity contribution in [3.05, 3.63) is 59.4 Å². The Morgan fingerprint density at radius 3 is 2.67 bits per heavy atom. The summed E-state index contributed by atoms with van der Waals surface area (Å²) >= 11 is 1.71. The van der Waals surface area contributed by atoms with Crippen LogP contribution in [-0.2, 0) is 6.42 Å². The lowest BCUT2D eigenvalue weighted by atomic mass is 10.1. The Morgan fingerprint density at radius 2 is 1.95 bits per heavy atom. The van der Waals surface area contributed by atoms with Gasteiger partial charge in [0.1, 0.15) is 0 Å². The van der Waals surface area contributed by atoms with Crippen LogP contribution >= 0.6 is 11.8 Å². The van der Waals surface area contributed by atoms with Crippen LogP contribution in [0.3, 0.4) is 0 Å². The molecule has 112 valence electrons. The van der Waals surface area contributed by atoms with E-state index in [4.69, 9.17) is 10.5 Å². The van der Waals surface area contributed by atoms with E-state index in [1.807, 2.05) is 12.1 Å². The van der Waals surface area contributed by atoms with Gasteiger partial charge in [0.25, 0.3) is 0 Å². The molecule has 2 aromatic carbocycles. The fraction of sp³-hybridized carbons (Fsp3) is 0.294. The summed E-state index contributed by atoms with van der Waals surface area (Å²) in [4.78, 5) is 1.22. The summed E-state index contributed by atoms with van der Waals surface area (Å²) < 4.78 is 19.1. The number of hydrogen-bond acceptors (Lipinski definition) is 3. The van der Waals surface area contributed by atoms with Crippen LogP contribution < -0.4 is 10.5 Å². The molecule has 4 heteroatoms. The third kappa shape index (κ3) is 4.22. The Hall–Kier alpha value is -1.52. The van der Waals surface area contributed by atoms with E-state index in [2.05, 4.69) is 19.1 Å². The zero-order chi connectivity index (χ0) is 15.2. The highest BCUT2D eigenvalue weighted by molar-refractivity contribution is 7.99. The molecule has 2 rings (SSSR count). The molecule has 0 saturated heterocycles. The number of rotatable bonds is 6.